The number of hydrogen-bond acceptors (Lipinski definition) is 3. The molecule has 0 bridgehead atoms. The molecule has 0 radical (unpaired) electrons. The van der Waals surface area contributed by atoms with Crippen molar-refractivity contribution in [2.45, 2.75) is 51.5 Å². The zero-order valence-electron chi connectivity index (χ0n) is 11.2. The monoisotopic (exact) mass is 271 g/mol. The van der Waals surface area contributed by atoms with Crippen molar-refractivity contribution in [3.05, 3.63) is 29.3 Å². The molecule has 2 unspecified atom stereocenters. The van der Waals surface area contributed by atoms with Crippen LogP contribution in [0.5, 0.6) is 5.75 Å². The van der Waals surface area contributed by atoms with Gasteiger partial charge >= 0.3 is 0 Å². The van der Waals surface area contributed by atoms with Crippen molar-refractivity contribution >= 4 is 0 Å². The maximum Gasteiger partial charge on any atom is 0.191 e. The lowest BCUT2D eigenvalue weighted by Crippen LogP contribution is -2.36. The van der Waals surface area contributed by atoms with E-state index in [1.165, 1.54) is 12.1 Å². The number of rotatable bonds is 3. The van der Waals surface area contributed by atoms with E-state index in [1.54, 1.807) is 0 Å². The van der Waals surface area contributed by atoms with Crippen LogP contribution in [0.1, 0.15) is 32.3 Å². The Hall–Kier alpha value is -1.20. The first kappa shape index (κ1) is 14.2. The quantitative estimate of drug-likeness (QED) is 0.919. The summed E-state index contributed by atoms with van der Waals surface area (Å²) < 4.78 is 38.6. The fourth-order valence-electron chi connectivity index (χ4n) is 2.45. The number of hydrogen-bond donors (Lipinski definition) is 1. The second-order valence-electron chi connectivity index (χ2n) is 5.06. The zero-order valence-corrected chi connectivity index (χ0v) is 11.2. The topological polar surface area (TPSA) is 44.5 Å². The van der Waals surface area contributed by atoms with E-state index in [1.807, 2.05) is 13.8 Å². The molecule has 1 aliphatic rings. The molecule has 0 aromatic heterocycles. The molecule has 106 valence electrons. The van der Waals surface area contributed by atoms with Gasteiger partial charge in [-0.15, -0.1) is 0 Å². The Morgan fingerprint density at radius 3 is 2.21 bits per heavy atom. The lowest BCUT2D eigenvalue weighted by molar-refractivity contribution is -0.0734. The summed E-state index contributed by atoms with van der Waals surface area (Å²) in [4.78, 5) is 0. The van der Waals surface area contributed by atoms with Crippen molar-refractivity contribution < 1.29 is 18.3 Å². The molecule has 1 aliphatic heterocycles. The lowest BCUT2D eigenvalue weighted by Gasteiger charge is -2.32. The molecule has 1 aromatic rings. The van der Waals surface area contributed by atoms with Gasteiger partial charge in [-0.2, -0.15) is 0 Å². The van der Waals surface area contributed by atoms with Crippen molar-refractivity contribution in [3.63, 3.8) is 0 Å². The summed E-state index contributed by atoms with van der Waals surface area (Å²) in [5.74, 6) is -1.72. The van der Waals surface area contributed by atoms with Gasteiger partial charge in [-0.3, -0.25) is 0 Å². The molecule has 0 saturated carbocycles. The predicted molar refractivity (Wildman–Crippen MR) is 67.9 cm³/mol. The molecule has 0 amide bonds. The van der Waals surface area contributed by atoms with Gasteiger partial charge in [-0.05, 0) is 31.5 Å². The lowest BCUT2D eigenvalue weighted by atomic mass is 10.0. The van der Waals surface area contributed by atoms with Gasteiger partial charge in [0.25, 0.3) is 0 Å². The van der Waals surface area contributed by atoms with Gasteiger partial charge in [0.05, 0.1) is 12.2 Å². The van der Waals surface area contributed by atoms with Crippen molar-refractivity contribution in [1.29, 1.82) is 0 Å². The van der Waals surface area contributed by atoms with Crippen molar-refractivity contribution in [2.75, 3.05) is 0 Å². The first-order valence-electron chi connectivity index (χ1n) is 6.49. The highest BCUT2D eigenvalue weighted by Gasteiger charge is 2.27. The number of nitrogens with two attached hydrogens (primary N) is 1. The Balaban J connectivity index is 2.14. The predicted octanol–water partition coefficient (Wildman–Crippen LogP) is 2.76. The molecule has 5 heteroatoms. The maximum atomic E-state index is 13.8. The Morgan fingerprint density at radius 1 is 1.21 bits per heavy atom. The Morgan fingerprint density at radius 2 is 1.74 bits per heavy atom. The van der Waals surface area contributed by atoms with E-state index in [4.69, 9.17) is 15.2 Å². The largest absolute Gasteiger partial charge is 0.484 e. The summed E-state index contributed by atoms with van der Waals surface area (Å²) in [6.07, 6.45) is 1.09. The summed E-state index contributed by atoms with van der Waals surface area (Å²) >= 11 is 0. The van der Waals surface area contributed by atoms with Crippen molar-refractivity contribution in [1.82, 2.24) is 0 Å². The third-order valence-electron chi connectivity index (χ3n) is 3.23. The molecule has 2 N–H and O–H groups in total. The summed E-state index contributed by atoms with van der Waals surface area (Å²) in [5, 5.41) is 0. The van der Waals surface area contributed by atoms with Crippen LogP contribution in [0, 0.1) is 11.6 Å². The fraction of sp³-hybridized carbons (Fsp3) is 0.571. The first-order valence-corrected chi connectivity index (χ1v) is 6.49. The fourth-order valence-corrected chi connectivity index (χ4v) is 2.45. The van der Waals surface area contributed by atoms with Crippen LogP contribution < -0.4 is 10.5 Å². The standard InChI is InChI=1S/C14H19F2NO2/c1-8-3-11(4-9(2)18-8)19-14-12(15)5-10(7-17)6-13(14)16/h5-6,8-9,11H,3-4,7,17H2,1-2H3. The first-order chi connectivity index (χ1) is 8.99. The minimum absolute atomic E-state index is 0.0307. The summed E-state index contributed by atoms with van der Waals surface area (Å²) in [7, 11) is 0. The number of halogens is 2. The van der Waals surface area contributed by atoms with Crippen LogP contribution in [0.25, 0.3) is 0 Å². The molecule has 19 heavy (non-hydrogen) atoms. The summed E-state index contributed by atoms with van der Waals surface area (Å²) in [6.45, 7) is 3.95. The van der Waals surface area contributed by atoms with Crippen LogP contribution in [0.2, 0.25) is 0 Å². The van der Waals surface area contributed by atoms with E-state index < -0.39 is 11.6 Å². The van der Waals surface area contributed by atoms with E-state index in [9.17, 15) is 8.78 Å². The van der Waals surface area contributed by atoms with E-state index in [2.05, 4.69) is 0 Å². The number of ether oxygens (including phenoxy) is 2. The minimum atomic E-state index is -0.702. The van der Waals surface area contributed by atoms with Gasteiger partial charge in [0.2, 0.25) is 0 Å². The van der Waals surface area contributed by atoms with Crippen LogP contribution in [-0.4, -0.2) is 18.3 Å². The van der Waals surface area contributed by atoms with E-state index in [-0.39, 0.29) is 30.6 Å². The molecule has 2 rings (SSSR count). The Labute approximate surface area is 111 Å². The van der Waals surface area contributed by atoms with E-state index in [0.29, 0.717) is 18.4 Å². The van der Waals surface area contributed by atoms with Crippen LogP contribution in [0.3, 0.4) is 0 Å². The molecule has 1 heterocycles. The molecule has 1 fully saturated rings. The minimum Gasteiger partial charge on any atom is -0.484 e. The summed E-state index contributed by atoms with van der Waals surface area (Å²) in [6, 6.07) is 2.43. The molecular formula is C14H19F2NO2. The van der Waals surface area contributed by atoms with Gasteiger partial charge < -0.3 is 15.2 Å². The third-order valence-corrected chi connectivity index (χ3v) is 3.23. The van der Waals surface area contributed by atoms with Gasteiger partial charge in [0, 0.05) is 19.4 Å². The van der Waals surface area contributed by atoms with Crippen LogP contribution >= 0.6 is 0 Å². The highest BCUT2D eigenvalue weighted by Crippen LogP contribution is 2.29. The van der Waals surface area contributed by atoms with Gasteiger partial charge in [-0.1, -0.05) is 0 Å². The highest BCUT2D eigenvalue weighted by atomic mass is 19.1. The second-order valence-corrected chi connectivity index (χ2v) is 5.06. The SMILES string of the molecule is CC1CC(Oc2c(F)cc(CN)cc2F)CC(C)O1. The molecular weight excluding hydrogens is 252 g/mol. The molecule has 3 nitrogen and oxygen atoms in total. The summed E-state index contributed by atoms with van der Waals surface area (Å²) in [5.41, 5.74) is 5.78. The highest BCUT2D eigenvalue weighted by molar-refractivity contribution is 5.31. The van der Waals surface area contributed by atoms with Crippen LogP contribution in [0.4, 0.5) is 8.78 Å². The molecule has 1 aromatic carbocycles. The van der Waals surface area contributed by atoms with Crippen molar-refractivity contribution in [2.24, 2.45) is 5.73 Å². The molecule has 0 aliphatic carbocycles. The van der Waals surface area contributed by atoms with Crippen LogP contribution in [-0.2, 0) is 11.3 Å². The van der Waals surface area contributed by atoms with Gasteiger partial charge in [-0.25, -0.2) is 8.78 Å². The van der Waals surface area contributed by atoms with Gasteiger partial charge in [0.1, 0.15) is 6.10 Å². The normalized spacial score (nSPS) is 27.3. The molecule has 0 spiro atoms. The van der Waals surface area contributed by atoms with Gasteiger partial charge in [0.15, 0.2) is 17.4 Å². The van der Waals surface area contributed by atoms with Crippen LogP contribution in [0.15, 0.2) is 12.1 Å². The van der Waals surface area contributed by atoms with E-state index in [0.717, 1.165) is 0 Å². The smallest absolute Gasteiger partial charge is 0.191 e. The maximum absolute atomic E-state index is 13.8. The van der Waals surface area contributed by atoms with E-state index >= 15 is 0 Å². The second kappa shape index (κ2) is 5.84. The molecule has 2 atom stereocenters. The Bertz CT molecular complexity index is 420. The third kappa shape index (κ3) is 3.42. The zero-order chi connectivity index (χ0) is 14.0. The average molecular weight is 271 g/mol. The molecule has 1 saturated heterocycles. The number of benzene rings is 1. The average Bonchev–Trinajstić information content (AvgIpc) is 2.32. The Kier molecular flexibility index (Phi) is 4.37. The van der Waals surface area contributed by atoms with Crippen molar-refractivity contribution in [3.8, 4) is 5.75 Å².